The molecule has 1 aliphatic carbocycles. The fourth-order valence-corrected chi connectivity index (χ4v) is 2.97. The highest BCUT2D eigenvalue weighted by molar-refractivity contribution is 9.10. The first-order valence-corrected chi connectivity index (χ1v) is 7.38. The molecule has 3 N–H and O–H groups in total. The number of hydrazine groups is 1. The highest BCUT2D eigenvalue weighted by atomic mass is 79.9. The average Bonchev–Trinajstić information content (AvgIpc) is 2.39. The molecular formula is C14H19BrF2N2. The Bertz CT molecular complexity index is 398. The lowest BCUT2D eigenvalue weighted by Crippen LogP contribution is -2.44. The van der Waals surface area contributed by atoms with Gasteiger partial charge in [-0.15, -0.1) is 0 Å². The van der Waals surface area contributed by atoms with Crippen LogP contribution in [-0.4, -0.2) is 12.0 Å². The molecular weight excluding hydrogens is 314 g/mol. The minimum atomic E-state index is -2.48. The normalized spacial score (nSPS) is 21.3. The second-order valence-electron chi connectivity index (χ2n) is 5.30. The van der Waals surface area contributed by atoms with Gasteiger partial charge in [-0.05, 0) is 42.9 Å². The van der Waals surface area contributed by atoms with Gasteiger partial charge in [0.15, 0.2) is 0 Å². The van der Waals surface area contributed by atoms with Crippen molar-refractivity contribution in [2.45, 2.75) is 44.1 Å². The van der Waals surface area contributed by atoms with Crippen LogP contribution < -0.4 is 11.3 Å². The minimum Gasteiger partial charge on any atom is -0.271 e. The van der Waals surface area contributed by atoms with Crippen LogP contribution in [0.15, 0.2) is 28.7 Å². The van der Waals surface area contributed by atoms with Crippen LogP contribution in [0.3, 0.4) is 0 Å². The van der Waals surface area contributed by atoms with Crippen LogP contribution >= 0.6 is 15.9 Å². The number of rotatable bonds is 4. The van der Waals surface area contributed by atoms with Crippen molar-refractivity contribution in [2.75, 3.05) is 0 Å². The lowest BCUT2D eigenvalue weighted by atomic mass is 9.80. The molecule has 0 heterocycles. The van der Waals surface area contributed by atoms with Crippen molar-refractivity contribution in [3.05, 3.63) is 34.3 Å². The van der Waals surface area contributed by atoms with E-state index in [0.717, 1.165) is 10.9 Å². The summed E-state index contributed by atoms with van der Waals surface area (Å²) >= 11 is 3.39. The van der Waals surface area contributed by atoms with E-state index in [2.05, 4.69) is 21.4 Å². The van der Waals surface area contributed by atoms with Crippen molar-refractivity contribution in [1.29, 1.82) is 0 Å². The van der Waals surface area contributed by atoms with E-state index in [1.807, 2.05) is 24.3 Å². The standard InChI is InChI=1S/C14H19BrF2N2/c15-12-3-1-10(2-4-12)9-13(19-18)11-5-7-14(16,17)8-6-11/h1-4,11,13,19H,5-9,18H2. The molecule has 1 atom stereocenters. The fourth-order valence-electron chi connectivity index (χ4n) is 2.70. The van der Waals surface area contributed by atoms with E-state index in [1.54, 1.807) is 0 Å². The van der Waals surface area contributed by atoms with E-state index in [1.165, 1.54) is 5.56 Å². The predicted octanol–water partition coefficient (Wildman–Crippen LogP) is 3.65. The molecule has 0 spiro atoms. The predicted molar refractivity (Wildman–Crippen MR) is 75.9 cm³/mol. The number of hydrogen-bond acceptors (Lipinski definition) is 2. The summed E-state index contributed by atoms with van der Waals surface area (Å²) in [6, 6.07) is 8.10. The van der Waals surface area contributed by atoms with E-state index in [9.17, 15) is 8.78 Å². The molecule has 1 fully saturated rings. The second kappa shape index (κ2) is 6.29. The number of hydrogen-bond donors (Lipinski definition) is 2. The Kier molecular flexibility index (Phi) is 4.92. The van der Waals surface area contributed by atoms with Gasteiger partial charge in [-0.2, -0.15) is 0 Å². The molecule has 1 saturated carbocycles. The number of nitrogens with one attached hydrogen (secondary N) is 1. The molecule has 2 rings (SSSR count). The van der Waals surface area contributed by atoms with Gasteiger partial charge < -0.3 is 0 Å². The monoisotopic (exact) mass is 332 g/mol. The fraction of sp³-hybridized carbons (Fsp3) is 0.571. The maximum Gasteiger partial charge on any atom is 0.248 e. The van der Waals surface area contributed by atoms with Crippen LogP contribution in [-0.2, 0) is 6.42 Å². The third kappa shape index (κ3) is 4.23. The molecule has 19 heavy (non-hydrogen) atoms. The summed E-state index contributed by atoms with van der Waals surface area (Å²) in [4.78, 5) is 0. The molecule has 0 radical (unpaired) electrons. The van der Waals surface area contributed by atoms with Crippen molar-refractivity contribution in [1.82, 2.24) is 5.43 Å². The molecule has 1 aromatic carbocycles. The summed E-state index contributed by atoms with van der Waals surface area (Å²) in [6.07, 6.45) is 1.82. The molecule has 0 saturated heterocycles. The van der Waals surface area contributed by atoms with E-state index in [-0.39, 0.29) is 24.8 Å². The smallest absolute Gasteiger partial charge is 0.248 e. The maximum atomic E-state index is 13.2. The minimum absolute atomic E-state index is 0.0177. The summed E-state index contributed by atoms with van der Waals surface area (Å²) in [5, 5.41) is 0. The Morgan fingerprint density at radius 1 is 1.26 bits per heavy atom. The Morgan fingerprint density at radius 2 is 1.84 bits per heavy atom. The Labute approximate surface area is 120 Å². The van der Waals surface area contributed by atoms with Crippen molar-refractivity contribution < 1.29 is 8.78 Å². The zero-order valence-electron chi connectivity index (χ0n) is 10.7. The molecule has 106 valence electrons. The third-order valence-electron chi connectivity index (χ3n) is 3.91. The van der Waals surface area contributed by atoms with E-state index in [4.69, 9.17) is 5.84 Å². The van der Waals surface area contributed by atoms with Crippen molar-refractivity contribution >= 4 is 15.9 Å². The van der Waals surface area contributed by atoms with Gasteiger partial charge in [0.2, 0.25) is 5.92 Å². The van der Waals surface area contributed by atoms with Crippen LogP contribution in [0.2, 0.25) is 0 Å². The van der Waals surface area contributed by atoms with Gasteiger partial charge in [0.25, 0.3) is 0 Å². The summed E-state index contributed by atoms with van der Waals surface area (Å²) in [5.74, 6) is 3.35. The molecule has 1 aliphatic rings. The van der Waals surface area contributed by atoms with Crippen LogP contribution in [0.4, 0.5) is 8.78 Å². The Hall–Kier alpha value is -0.520. The average molecular weight is 333 g/mol. The highest BCUT2D eigenvalue weighted by Crippen LogP contribution is 2.37. The lowest BCUT2D eigenvalue weighted by Gasteiger charge is -2.33. The quantitative estimate of drug-likeness (QED) is 0.652. The van der Waals surface area contributed by atoms with Gasteiger partial charge in [0, 0.05) is 23.4 Å². The molecule has 1 aromatic rings. The van der Waals surface area contributed by atoms with Crippen LogP contribution in [0.25, 0.3) is 0 Å². The van der Waals surface area contributed by atoms with Crippen molar-refractivity contribution in [2.24, 2.45) is 11.8 Å². The molecule has 0 amide bonds. The summed E-state index contributed by atoms with van der Waals surface area (Å²) in [5.41, 5.74) is 3.98. The van der Waals surface area contributed by atoms with Gasteiger partial charge in [0.1, 0.15) is 0 Å². The second-order valence-corrected chi connectivity index (χ2v) is 6.21. The van der Waals surface area contributed by atoms with Gasteiger partial charge >= 0.3 is 0 Å². The zero-order chi connectivity index (χ0) is 13.9. The lowest BCUT2D eigenvalue weighted by molar-refractivity contribution is -0.0495. The topological polar surface area (TPSA) is 38.0 Å². The van der Waals surface area contributed by atoms with Crippen LogP contribution in [0.1, 0.15) is 31.2 Å². The highest BCUT2D eigenvalue weighted by Gasteiger charge is 2.37. The third-order valence-corrected chi connectivity index (χ3v) is 4.44. The first kappa shape index (κ1) is 14.9. The Morgan fingerprint density at radius 3 is 2.37 bits per heavy atom. The number of alkyl halides is 2. The van der Waals surface area contributed by atoms with Crippen molar-refractivity contribution in [3.63, 3.8) is 0 Å². The van der Waals surface area contributed by atoms with E-state index >= 15 is 0 Å². The van der Waals surface area contributed by atoms with Gasteiger partial charge in [-0.1, -0.05) is 28.1 Å². The molecule has 1 unspecified atom stereocenters. The molecule has 2 nitrogen and oxygen atoms in total. The van der Waals surface area contributed by atoms with Crippen LogP contribution in [0, 0.1) is 5.92 Å². The van der Waals surface area contributed by atoms with Gasteiger partial charge in [0.05, 0.1) is 0 Å². The number of halogens is 3. The van der Waals surface area contributed by atoms with Crippen LogP contribution in [0.5, 0.6) is 0 Å². The van der Waals surface area contributed by atoms with E-state index in [0.29, 0.717) is 12.8 Å². The molecule has 0 aromatic heterocycles. The van der Waals surface area contributed by atoms with Gasteiger partial charge in [-0.3, -0.25) is 11.3 Å². The summed E-state index contributed by atoms with van der Waals surface area (Å²) in [7, 11) is 0. The molecule has 5 heteroatoms. The number of nitrogens with two attached hydrogens (primary N) is 1. The zero-order valence-corrected chi connectivity index (χ0v) is 12.3. The van der Waals surface area contributed by atoms with E-state index < -0.39 is 5.92 Å². The Balaban J connectivity index is 1.95. The maximum absolute atomic E-state index is 13.2. The summed E-state index contributed by atoms with van der Waals surface area (Å²) < 4.78 is 27.4. The molecule has 0 bridgehead atoms. The SMILES string of the molecule is NNC(Cc1ccc(Br)cc1)C1CCC(F)(F)CC1. The largest absolute Gasteiger partial charge is 0.271 e. The number of benzene rings is 1. The first-order valence-electron chi connectivity index (χ1n) is 6.58. The van der Waals surface area contributed by atoms with Crippen molar-refractivity contribution in [3.8, 4) is 0 Å². The first-order chi connectivity index (χ1) is 9.00. The molecule has 0 aliphatic heterocycles. The summed E-state index contributed by atoms with van der Waals surface area (Å²) in [6.45, 7) is 0. The van der Waals surface area contributed by atoms with Gasteiger partial charge in [-0.25, -0.2) is 8.78 Å².